The van der Waals surface area contributed by atoms with Crippen LogP contribution < -0.4 is 43.9 Å². The number of hydrogen-bond donors (Lipinski definition) is 6. The van der Waals surface area contributed by atoms with Crippen molar-refractivity contribution in [2.24, 2.45) is 34.4 Å². The zero-order valence-corrected chi connectivity index (χ0v) is 37.3. The van der Waals surface area contributed by atoms with Crippen LogP contribution in [0.25, 0.3) is 0 Å². The average Bonchev–Trinajstić information content (AvgIpc) is 3.28. The molecule has 0 saturated heterocycles. The zero-order valence-electron chi connectivity index (χ0n) is 37.3. The summed E-state index contributed by atoms with van der Waals surface area (Å²) >= 11 is 0. The number of carbonyl (C=O) groups excluding carboxylic acids is 6. The largest absolute Gasteiger partial charge is 0.468 e. The van der Waals surface area contributed by atoms with E-state index in [0.717, 1.165) is 0 Å². The molecule has 0 saturated carbocycles. The number of hydrogen-bond acceptors (Lipinski definition) is 18. The van der Waals surface area contributed by atoms with Gasteiger partial charge in [0.05, 0.1) is 27.4 Å². The van der Waals surface area contributed by atoms with Crippen LogP contribution in [-0.2, 0) is 47.7 Å². The van der Waals surface area contributed by atoms with Crippen LogP contribution in [0.2, 0.25) is 0 Å². The Morgan fingerprint density at radius 1 is 0.383 bits per heavy atom. The Hall–Kier alpha value is -4.98. The predicted molar refractivity (Wildman–Crippen MR) is 231 cm³/mol. The lowest BCUT2D eigenvalue weighted by Crippen LogP contribution is -2.33. The van der Waals surface area contributed by atoms with Gasteiger partial charge in [0.2, 0.25) is 0 Å². The Labute approximate surface area is 356 Å². The SMILES string of the molecule is CCOC(=O)[C@@H](N)CC.CCOC(=O)[C@H](N)CC.CC[C@@H](N)C(=O)OC.CC[C@@H](N)C(=O)Oc1ccccc1.CC[C@H](N)C(=O)OC.CC[C@H](N)C(=O)Oc1ccccc1. The summed E-state index contributed by atoms with van der Waals surface area (Å²) in [6.07, 6.45) is 3.72. The molecule has 0 unspecified atom stereocenters. The molecule has 18 nitrogen and oxygen atoms in total. The van der Waals surface area contributed by atoms with Gasteiger partial charge in [-0.3, -0.25) is 19.2 Å². The first kappa shape index (κ1) is 61.7. The van der Waals surface area contributed by atoms with Gasteiger partial charge >= 0.3 is 35.8 Å². The van der Waals surface area contributed by atoms with Gasteiger partial charge < -0.3 is 62.8 Å². The fourth-order valence-electron chi connectivity index (χ4n) is 3.16. The molecule has 0 aliphatic heterocycles. The van der Waals surface area contributed by atoms with E-state index in [0.29, 0.717) is 63.2 Å². The third-order valence-corrected chi connectivity index (χ3v) is 7.35. The first-order valence-electron chi connectivity index (χ1n) is 19.9. The van der Waals surface area contributed by atoms with E-state index in [9.17, 15) is 28.8 Å². The van der Waals surface area contributed by atoms with Gasteiger partial charge in [-0.25, -0.2) is 9.59 Å². The fourth-order valence-corrected chi connectivity index (χ4v) is 3.16. The number of benzene rings is 2. The molecule has 0 bridgehead atoms. The van der Waals surface area contributed by atoms with Crippen molar-refractivity contribution in [1.29, 1.82) is 0 Å². The molecule has 6 atom stereocenters. The van der Waals surface area contributed by atoms with E-state index in [2.05, 4.69) is 18.9 Å². The Morgan fingerprint density at radius 2 is 0.600 bits per heavy atom. The van der Waals surface area contributed by atoms with Crippen molar-refractivity contribution in [1.82, 2.24) is 0 Å². The highest BCUT2D eigenvalue weighted by molar-refractivity contribution is 5.78. The summed E-state index contributed by atoms with van der Waals surface area (Å²) in [5.41, 5.74) is 32.1. The van der Waals surface area contributed by atoms with Crippen LogP contribution in [0.5, 0.6) is 11.5 Å². The van der Waals surface area contributed by atoms with Crippen molar-refractivity contribution in [2.75, 3.05) is 27.4 Å². The van der Waals surface area contributed by atoms with Crippen molar-refractivity contribution >= 4 is 35.8 Å². The minimum absolute atomic E-state index is 0.306. The highest BCUT2D eigenvalue weighted by Gasteiger charge is 2.14. The Kier molecular flexibility index (Phi) is 41.9. The molecule has 0 fully saturated rings. The number of carbonyl (C=O) groups is 6. The van der Waals surface area contributed by atoms with Gasteiger partial charge in [0.15, 0.2) is 0 Å². The van der Waals surface area contributed by atoms with Crippen molar-refractivity contribution in [2.45, 2.75) is 130 Å². The molecular formula is C42H74N6O12. The van der Waals surface area contributed by atoms with Crippen molar-refractivity contribution in [3.05, 3.63) is 60.7 Å². The lowest BCUT2D eigenvalue weighted by molar-refractivity contribution is -0.145. The number of ether oxygens (including phenoxy) is 6. The quantitative estimate of drug-likeness (QED) is 0.0803. The van der Waals surface area contributed by atoms with E-state index in [1.54, 1.807) is 62.4 Å². The molecule has 344 valence electrons. The third kappa shape index (κ3) is 33.9. The molecule has 18 heteroatoms. The van der Waals surface area contributed by atoms with Crippen LogP contribution in [-0.4, -0.2) is 99.5 Å². The fraction of sp³-hybridized carbons (Fsp3) is 0.571. The van der Waals surface area contributed by atoms with Crippen LogP contribution >= 0.6 is 0 Å². The van der Waals surface area contributed by atoms with Crippen molar-refractivity contribution < 1.29 is 57.2 Å². The third-order valence-electron chi connectivity index (χ3n) is 7.35. The Morgan fingerprint density at radius 3 is 0.783 bits per heavy atom. The highest BCUT2D eigenvalue weighted by Crippen LogP contribution is 2.10. The van der Waals surface area contributed by atoms with Crippen molar-refractivity contribution in [3.8, 4) is 11.5 Å². The minimum atomic E-state index is -0.528. The summed E-state index contributed by atoms with van der Waals surface area (Å²) < 4.78 is 27.9. The standard InChI is InChI=1S/2C10H13NO2.2C6H13NO2.2C5H11NO2/c2*1-2-9(11)10(12)13-8-6-4-3-5-7-8;2*1-3-5(7)6(8)9-4-2;2*1-3-4(6)5(7)8-2/h2*3-7,9H,2,11H2,1H3;2*5H,3-4,7H2,1-2H3;2*4H,3,6H2,1-2H3/t2*9-;2*5-;2*4-/m101010/s1. The van der Waals surface area contributed by atoms with Crippen molar-refractivity contribution in [3.63, 3.8) is 0 Å². The molecule has 0 spiro atoms. The van der Waals surface area contributed by atoms with Gasteiger partial charge in [0.1, 0.15) is 47.8 Å². The molecule has 0 amide bonds. The molecule has 2 aromatic rings. The van der Waals surface area contributed by atoms with Crippen LogP contribution in [0, 0.1) is 0 Å². The van der Waals surface area contributed by atoms with Crippen LogP contribution in [0.15, 0.2) is 60.7 Å². The number of esters is 6. The summed E-state index contributed by atoms with van der Waals surface area (Å²) in [5.74, 6) is -0.977. The summed E-state index contributed by atoms with van der Waals surface area (Å²) in [7, 11) is 2.66. The first-order valence-corrected chi connectivity index (χ1v) is 19.9. The number of para-hydroxylation sites is 2. The van der Waals surface area contributed by atoms with E-state index in [-0.39, 0.29) is 35.8 Å². The van der Waals surface area contributed by atoms with E-state index >= 15 is 0 Å². The smallest absolute Gasteiger partial charge is 0.328 e. The van der Waals surface area contributed by atoms with Crippen LogP contribution in [0.1, 0.15) is 93.9 Å². The maximum absolute atomic E-state index is 11.2. The Balaban J connectivity index is -0.000000318. The lowest BCUT2D eigenvalue weighted by atomic mass is 10.2. The molecule has 0 aromatic heterocycles. The predicted octanol–water partition coefficient (Wildman–Crippen LogP) is 3.03. The van der Waals surface area contributed by atoms with E-state index in [1.165, 1.54) is 14.2 Å². The van der Waals surface area contributed by atoms with Gasteiger partial charge in [0, 0.05) is 0 Å². The topological polar surface area (TPSA) is 314 Å². The van der Waals surface area contributed by atoms with Gasteiger partial charge in [-0.05, 0) is 76.6 Å². The zero-order chi connectivity index (χ0) is 47.1. The summed E-state index contributed by atoms with van der Waals surface area (Å²) in [6, 6.07) is 15.0. The maximum atomic E-state index is 11.2. The number of methoxy groups -OCH3 is 2. The number of nitrogens with two attached hydrogens (primary N) is 6. The molecule has 60 heavy (non-hydrogen) atoms. The summed E-state index contributed by atoms with van der Waals surface area (Å²) in [6.45, 7) is 15.4. The second-order valence-corrected chi connectivity index (χ2v) is 12.1. The second kappa shape index (κ2) is 40.8. The van der Waals surface area contributed by atoms with Crippen LogP contribution in [0.3, 0.4) is 0 Å². The monoisotopic (exact) mass is 855 g/mol. The second-order valence-electron chi connectivity index (χ2n) is 12.1. The minimum Gasteiger partial charge on any atom is -0.468 e. The summed E-state index contributed by atoms with van der Waals surface area (Å²) in [5, 5.41) is 0. The highest BCUT2D eigenvalue weighted by atomic mass is 16.6. The normalized spacial score (nSPS) is 12.5. The summed E-state index contributed by atoms with van der Waals surface area (Å²) in [4.78, 5) is 64.4. The lowest BCUT2D eigenvalue weighted by Gasteiger charge is -2.08. The molecular weight excluding hydrogens is 780 g/mol. The molecule has 2 aromatic carbocycles. The molecule has 12 N–H and O–H groups in total. The van der Waals surface area contributed by atoms with Gasteiger partial charge in [-0.2, -0.15) is 0 Å². The van der Waals surface area contributed by atoms with Gasteiger partial charge in [-0.15, -0.1) is 0 Å². The van der Waals surface area contributed by atoms with E-state index < -0.39 is 36.3 Å². The molecule has 0 radical (unpaired) electrons. The van der Waals surface area contributed by atoms with E-state index in [1.807, 2.05) is 53.7 Å². The molecule has 0 aliphatic carbocycles. The van der Waals surface area contributed by atoms with Gasteiger partial charge in [0.25, 0.3) is 0 Å². The molecule has 2 rings (SSSR count). The maximum Gasteiger partial charge on any atom is 0.328 e. The Bertz CT molecular complexity index is 1300. The van der Waals surface area contributed by atoms with E-state index in [4.69, 9.17) is 43.9 Å². The molecule has 0 aliphatic rings. The molecule has 0 heterocycles. The van der Waals surface area contributed by atoms with Gasteiger partial charge in [-0.1, -0.05) is 77.9 Å². The number of rotatable bonds is 16. The first-order chi connectivity index (χ1) is 28.3. The average molecular weight is 855 g/mol. The van der Waals surface area contributed by atoms with Crippen LogP contribution in [0.4, 0.5) is 0 Å².